The number of piperidine rings is 1. The summed E-state index contributed by atoms with van der Waals surface area (Å²) in [5.74, 6) is 1.91. The van der Waals surface area contributed by atoms with E-state index >= 15 is 0 Å². The highest BCUT2D eigenvalue weighted by Gasteiger charge is 2.33. The van der Waals surface area contributed by atoms with Crippen molar-refractivity contribution < 1.29 is 13.9 Å². The van der Waals surface area contributed by atoms with Crippen molar-refractivity contribution >= 4 is 11.9 Å². The molecular weight excluding hydrogens is 418 g/mol. The molecule has 0 aliphatic carbocycles. The molecule has 0 spiro atoms. The number of aromatic nitrogens is 3. The Kier molecular flexibility index (Phi) is 6.35. The first-order chi connectivity index (χ1) is 16.2. The molecule has 5 rings (SSSR count). The van der Waals surface area contributed by atoms with Gasteiger partial charge in [0.15, 0.2) is 0 Å². The molecule has 1 amide bonds. The van der Waals surface area contributed by atoms with Gasteiger partial charge in [0, 0.05) is 31.7 Å². The number of hydrogen-bond donors (Lipinski definition) is 0. The number of benzene rings is 1. The standard InChI is InChI=1S/C25H29N5O3/c1-18-15-21(28-25(27-18)29-11-13-32-14-12-29)24(31)30-10-6-5-9-22(30)23-26-17-20(33-23)16-19-7-3-2-4-8-19/h2-4,7-8,15,17,22H,5-6,9-14,16H2,1H3/t22-/m0/s1. The van der Waals surface area contributed by atoms with Crippen LogP contribution in [-0.2, 0) is 11.2 Å². The zero-order valence-corrected chi connectivity index (χ0v) is 18.9. The van der Waals surface area contributed by atoms with Crippen molar-refractivity contribution in [3.63, 3.8) is 0 Å². The van der Waals surface area contributed by atoms with Gasteiger partial charge in [-0.05, 0) is 37.8 Å². The molecule has 1 atom stereocenters. The average molecular weight is 448 g/mol. The summed E-state index contributed by atoms with van der Waals surface area (Å²) in [7, 11) is 0. The highest BCUT2D eigenvalue weighted by Crippen LogP contribution is 2.32. The fourth-order valence-electron chi connectivity index (χ4n) is 4.50. The van der Waals surface area contributed by atoms with Crippen molar-refractivity contribution in [3.8, 4) is 0 Å². The first-order valence-corrected chi connectivity index (χ1v) is 11.7. The van der Waals surface area contributed by atoms with Crippen LogP contribution in [0.15, 0.2) is 47.0 Å². The quantitative estimate of drug-likeness (QED) is 0.591. The van der Waals surface area contributed by atoms with Crippen LogP contribution in [0.5, 0.6) is 0 Å². The second-order valence-electron chi connectivity index (χ2n) is 8.63. The van der Waals surface area contributed by atoms with Gasteiger partial charge in [-0.2, -0.15) is 0 Å². The van der Waals surface area contributed by atoms with Crippen LogP contribution >= 0.6 is 0 Å². The molecule has 2 aromatic heterocycles. The van der Waals surface area contributed by atoms with E-state index in [9.17, 15) is 4.79 Å². The van der Waals surface area contributed by atoms with Crippen LogP contribution in [0.4, 0.5) is 5.95 Å². The average Bonchev–Trinajstić information content (AvgIpc) is 3.32. The third-order valence-electron chi connectivity index (χ3n) is 6.20. The van der Waals surface area contributed by atoms with E-state index in [4.69, 9.17) is 9.15 Å². The monoisotopic (exact) mass is 447 g/mol. The van der Waals surface area contributed by atoms with Crippen LogP contribution < -0.4 is 4.90 Å². The molecule has 0 bridgehead atoms. The van der Waals surface area contributed by atoms with E-state index in [1.54, 1.807) is 12.3 Å². The molecule has 4 heterocycles. The Morgan fingerprint density at radius 2 is 1.91 bits per heavy atom. The number of likely N-dealkylation sites (tertiary alicyclic amines) is 1. The van der Waals surface area contributed by atoms with Crippen LogP contribution in [-0.4, -0.2) is 58.6 Å². The van der Waals surface area contributed by atoms with Gasteiger partial charge in [-0.25, -0.2) is 15.0 Å². The molecule has 33 heavy (non-hydrogen) atoms. The van der Waals surface area contributed by atoms with Gasteiger partial charge in [-0.15, -0.1) is 0 Å². The summed E-state index contributed by atoms with van der Waals surface area (Å²) in [5.41, 5.74) is 2.38. The molecule has 3 aromatic rings. The summed E-state index contributed by atoms with van der Waals surface area (Å²) in [6.45, 7) is 5.30. The van der Waals surface area contributed by atoms with Crippen molar-refractivity contribution in [2.24, 2.45) is 0 Å². The lowest BCUT2D eigenvalue weighted by Crippen LogP contribution is -2.40. The Bertz CT molecular complexity index is 1090. The molecule has 0 saturated carbocycles. The molecule has 172 valence electrons. The minimum atomic E-state index is -0.183. The van der Waals surface area contributed by atoms with Gasteiger partial charge in [0.2, 0.25) is 11.8 Å². The Balaban J connectivity index is 1.37. The lowest BCUT2D eigenvalue weighted by atomic mass is 10.0. The minimum Gasteiger partial charge on any atom is -0.443 e. The van der Waals surface area contributed by atoms with Gasteiger partial charge in [0.05, 0.1) is 19.4 Å². The third-order valence-corrected chi connectivity index (χ3v) is 6.20. The minimum absolute atomic E-state index is 0.0949. The molecule has 1 aromatic carbocycles. The first kappa shape index (κ1) is 21.6. The normalized spacial score (nSPS) is 19.0. The maximum absolute atomic E-state index is 13.6. The molecule has 0 N–H and O–H groups in total. The van der Waals surface area contributed by atoms with E-state index < -0.39 is 0 Å². The summed E-state index contributed by atoms with van der Waals surface area (Å²) in [6.07, 6.45) is 5.29. The highest BCUT2D eigenvalue weighted by molar-refractivity contribution is 5.93. The van der Waals surface area contributed by atoms with Gasteiger partial charge in [-0.1, -0.05) is 30.3 Å². The topological polar surface area (TPSA) is 84.6 Å². The second kappa shape index (κ2) is 9.70. The number of rotatable bonds is 5. The molecule has 0 radical (unpaired) electrons. The number of hydrogen-bond acceptors (Lipinski definition) is 7. The number of aryl methyl sites for hydroxylation is 1. The fraction of sp³-hybridized carbons (Fsp3) is 0.440. The number of carbonyl (C=O) groups is 1. The molecule has 2 aliphatic rings. The van der Waals surface area contributed by atoms with Gasteiger partial charge in [0.25, 0.3) is 5.91 Å². The summed E-state index contributed by atoms with van der Waals surface area (Å²) >= 11 is 0. The molecule has 8 heteroatoms. The van der Waals surface area contributed by atoms with Crippen LogP contribution in [0.1, 0.15) is 58.7 Å². The largest absolute Gasteiger partial charge is 0.443 e. The van der Waals surface area contributed by atoms with E-state index in [1.165, 1.54) is 5.56 Å². The number of amides is 1. The molecule has 2 saturated heterocycles. The smallest absolute Gasteiger partial charge is 0.273 e. The molecule has 8 nitrogen and oxygen atoms in total. The van der Waals surface area contributed by atoms with Crippen LogP contribution in [0.2, 0.25) is 0 Å². The number of morpholine rings is 1. The lowest BCUT2D eigenvalue weighted by molar-refractivity contribution is 0.0563. The van der Waals surface area contributed by atoms with E-state index in [0.29, 0.717) is 43.7 Å². The van der Waals surface area contributed by atoms with Crippen molar-refractivity contribution in [3.05, 3.63) is 71.2 Å². The Morgan fingerprint density at radius 3 is 2.73 bits per heavy atom. The number of carbonyl (C=O) groups excluding carboxylic acids is 1. The van der Waals surface area contributed by atoms with E-state index in [-0.39, 0.29) is 11.9 Å². The van der Waals surface area contributed by atoms with Crippen molar-refractivity contribution in [1.29, 1.82) is 0 Å². The van der Waals surface area contributed by atoms with Gasteiger partial charge in [0.1, 0.15) is 17.5 Å². The Morgan fingerprint density at radius 1 is 1.09 bits per heavy atom. The molecule has 0 unspecified atom stereocenters. The van der Waals surface area contributed by atoms with Gasteiger partial charge in [-0.3, -0.25) is 4.79 Å². The Hall–Kier alpha value is -3.26. The number of ether oxygens (including phenoxy) is 1. The summed E-state index contributed by atoms with van der Waals surface area (Å²) in [4.78, 5) is 31.3. The third kappa shape index (κ3) is 4.90. The maximum atomic E-state index is 13.6. The lowest BCUT2D eigenvalue weighted by Gasteiger charge is -2.34. The van der Waals surface area contributed by atoms with Crippen LogP contribution in [0.25, 0.3) is 0 Å². The summed E-state index contributed by atoms with van der Waals surface area (Å²) in [6, 6.07) is 11.8. The SMILES string of the molecule is Cc1cc(C(=O)N2CCCC[C@H]2c2ncc(Cc3ccccc3)o2)nc(N2CCOCC2)n1. The number of anilines is 1. The predicted octanol–water partition coefficient (Wildman–Crippen LogP) is 3.57. The van der Waals surface area contributed by atoms with E-state index in [0.717, 1.165) is 43.8 Å². The zero-order valence-electron chi connectivity index (χ0n) is 18.9. The molecule has 2 fully saturated rings. The van der Waals surface area contributed by atoms with Crippen molar-refractivity contribution in [2.45, 2.75) is 38.6 Å². The number of nitrogens with zero attached hydrogens (tertiary/aromatic N) is 5. The maximum Gasteiger partial charge on any atom is 0.273 e. The highest BCUT2D eigenvalue weighted by atomic mass is 16.5. The predicted molar refractivity (Wildman–Crippen MR) is 123 cm³/mol. The van der Waals surface area contributed by atoms with Gasteiger partial charge < -0.3 is 19.0 Å². The Labute approximate surface area is 193 Å². The van der Waals surface area contributed by atoms with Crippen molar-refractivity contribution in [1.82, 2.24) is 19.9 Å². The molecular formula is C25H29N5O3. The van der Waals surface area contributed by atoms with E-state index in [2.05, 4.69) is 32.0 Å². The summed E-state index contributed by atoms with van der Waals surface area (Å²) < 4.78 is 11.6. The second-order valence-corrected chi connectivity index (χ2v) is 8.63. The van der Waals surface area contributed by atoms with Crippen molar-refractivity contribution in [2.75, 3.05) is 37.7 Å². The number of oxazole rings is 1. The first-order valence-electron chi connectivity index (χ1n) is 11.7. The van der Waals surface area contributed by atoms with Crippen LogP contribution in [0, 0.1) is 6.92 Å². The molecule has 2 aliphatic heterocycles. The fourth-order valence-corrected chi connectivity index (χ4v) is 4.50. The summed E-state index contributed by atoms with van der Waals surface area (Å²) in [5, 5.41) is 0. The van der Waals surface area contributed by atoms with Crippen LogP contribution in [0.3, 0.4) is 0 Å². The zero-order chi connectivity index (χ0) is 22.6. The van der Waals surface area contributed by atoms with E-state index in [1.807, 2.05) is 30.0 Å². The van der Waals surface area contributed by atoms with Gasteiger partial charge >= 0.3 is 0 Å².